The first-order valence-corrected chi connectivity index (χ1v) is 12.3. The minimum atomic E-state index is -0.328. The van der Waals surface area contributed by atoms with Gasteiger partial charge in [-0.1, -0.05) is 54.2 Å². The molecule has 10 heteroatoms. The van der Waals surface area contributed by atoms with Crippen molar-refractivity contribution in [2.75, 3.05) is 6.54 Å². The molecular formula is C26H25FN6O2S. The van der Waals surface area contributed by atoms with Crippen LogP contribution in [0.3, 0.4) is 0 Å². The maximum atomic E-state index is 13.2. The number of hydrogen-bond acceptors (Lipinski definition) is 6. The van der Waals surface area contributed by atoms with Crippen molar-refractivity contribution >= 4 is 17.8 Å². The predicted molar refractivity (Wildman–Crippen MR) is 136 cm³/mol. The molecule has 0 radical (unpaired) electrons. The Morgan fingerprint density at radius 2 is 1.69 bits per heavy atom. The summed E-state index contributed by atoms with van der Waals surface area (Å²) in [5, 5.41) is 6.19. The van der Waals surface area contributed by atoms with E-state index in [-0.39, 0.29) is 17.4 Å². The van der Waals surface area contributed by atoms with E-state index in [1.54, 1.807) is 30.7 Å². The zero-order valence-electron chi connectivity index (χ0n) is 19.4. The maximum absolute atomic E-state index is 13.2. The zero-order chi connectivity index (χ0) is 25.2. The van der Waals surface area contributed by atoms with Gasteiger partial charge in [-0.05, 0) is 28.8 Å². The number of thioether (sulfide) groups is 1. The van der Waals surface area contributed by atoms with Crippen LogP contribution in [-0.2, 0) is 25.3 Å². The van der Waals surface area contributed by atoms with Gasteiger partial charge >= 0.3 is 6.03 Å². The second kappa shape index (κ2) is 12.6. The van der Waals surface area contributed by atoms with E-state index in [4.69, 9.17) is 0 Å². The van der Waals surface area contributed by atoms with Crippen LogP contribution in [0.15, 0.2) is 89.5 Å². The van der Waals surface area contributed by atoms with Gasteiger partial charge in [0.05, 0.1) is 0 Å². The van der Waals surface area contributed by atoms with E-state index < -0.39 is 0 Å². The van der Waals surface area contributed by atoms with Crippen LogP contribution < -0.4 is 16.2 Å². The smallest absolute Gasteiger partial charge is 0.315 e. The molecule has 2 aromatic heterocycles. The zero-order valence-corrected chi connectivity index (χ0v) is 20.2. The number of benzene rings is 2. The molecule has 0 fully saturated rings. The largest absolute Gasteiger partial charge is 0.336 e. The third kappa shape index (κ3) is 7.47. The van der Waals surface area contributed by atoms with E-state index in [0.29, 0.717) is 42.5 Å². The number of rotatable bonds is 10. The normalized spacial score (nSPS) is 10.7. The summed E-state index contributed by atoms with van der Waals surface area (Å²) in [7, 11) is 0. The number of nitrogens with one attached hydrogen (secondary N) is 2. The van der Waals surface area contributed by atoms with Gasteiger partial charge in [-0.25, -0.2) is 19.2 Å². The molecule has 0 saturated heterocycles. The third-order valence-corrected chi connectivity index (χ3v) is 6.31. The van der Waals surface area contributed by atoms with Crippen molar-refractivity contribution < 1.29 is 9.18 Å². The fourth-order valence-corrected chi connectivity index (χ4v) is 4.36. The lowest BCUT2D eigenvalue weighted by Crippen LogP contribution is -2.37. The molecule has 4 rings (SSSR count). The Balaban J connectivity index is 1.43. The second-order valence-corrected chi connectivity index (χ2v) is 8.92. The molecule has 2 aromatic carbocycles. The molecule has 4 aromatic rings. The summed E-state index contributed by atoms with van der Waals surface area (Å²) >= 11 is 1.38. The Morgan fingerprint density at radius 1 is 0.944 bits per heavy atom. The van der Waals surface area contributed by atoms with Crippen LogP contribution in [0.25, 0.3) is 0 Å². The molecule has 0 spiro atoms. The highest BCUT2D eigenvalue weighted by Crippen LogP contribution is 2.21. The van der Waals surface area contributed by atoms with Crippen molar-refractivity contribution in [2.45, 2.75) is 30.4 Å². The van der Waals surface area contributed by atoms with Crippen molar-refractivity contribution in [3.05, 3.63) is 118 Å². The first kappa shape index (κ1) is 25.1. The van der Waals surface area contributed by atoms with Crippen molar-refractivity contribution in [1.29, 1.82) is 0 Å². The number of nitrogens with zero attached hydrogens (tertiary/aromatic N) is 4. The molecule has 8 nitrogen and oxygen atoms in total. The number of carbonyl (C=O) groups is 1. The third-order valence-electron chi connectivity index (χ3n) is 5.25. The van der Waals surface area contributed by atoms with E-state index >= 15 is 0 Å². The van der Waals surface area contributed by atoms with Crippen LogP contribution in [0.5, 0.6) is 0 Å². The van der Waals surface area contributed by atoms with Gasteiger partial charge < -0.3 is 15.2 Å². The highest BCUT2D eigenvalue weighted by molar-refractivity contribution is 7.98. The molecule has 0 aliphatic heterocycles. The van der Waals surface area contributed by atoms with E-state index in [1.807, 2.05) is 34.9 Å². The van der Waals surface area contributed by atoms with Crippen molar-refractivity contribution in [2.24, 2.45) is 0 Å². The van der Waals surface area contributed by atoms with Gasteiger partial charge in [-0.3, -0.25) is 4.79 Å². The van der Waals surface area contributed by atoms with E-state index in [0.717, 1.165) is 16.7 Å². The lowest BCUT2D eigenvalue weighted by atomic mass is 10.1. The van der Waals surface area contributed by atoms with E-state index in [2.05, 4.69) is 25.6 Å². The Bertz CT molecular complexity index is 1330. The Morgan fingerprint density at radius 3 is 2.44 bits per heavy atom. The maximum Gasteiger partial charge on any atom is 0.315 e. The molecule has 0 aliphatic carbocycles. The number of urea groups is 1. The van der Waals surface area contributed by atoms with Crippen LogP contribution in [-0.4, -0.2) is 32.1 Å². The Hall–Kier alpha value is -4.05. The summed E-state index contributed by atoms with van der Waals surface area (Å²) < 4.78 is 15.1. The first-order valence-electron chi connectivity index (χ1n) is 11.3. The number of halogens is 1. The highest BCUT2D eigenvalue weighted by Gasteiger charge is 2.11. The summed E-state index contributed by atoms with van der Waals surface area (Å²) in [6.07, 6.45) is 6.86. The van der Waals surface area contributed by atoms with Gasteiger partial charge in [0.25, 0.3) is 5.56 Å². The molecule has 184 valence electrons. The van der Waals surface area contributed by atoms with E-state index in [1.165, 1.54) is 30.2 Å². The van der Waals surface area contributed by atoms with Gasteiger partial charge in [-0.2, -0.15) is 4.98 Å². The lowest BCUT2D eigenvalue weighted by Gasteiger charge is -2.15. The standard InChI is InChI=1S/C26H25FN6O2S/c27-23-8-6-20(7-9-23)17-36-26-32-24(34)22(12-21-13-28-18-29-14-21)16-33(26)11-10-30-25(35)31-15-19-4-2-1-3-5-19/h1-9,13-14,16,18H,10-12,15,17H2,(H2,30,31,35). The predicted octanol–water partition coefficient (Wildman–Crippen LogP) is 3.55. The summed E-state index contributed by atoms with van der Waals surface area (Å²) in [6.45, 7) is 1.17. The topological polar surface area (TPSA) is 102 Å². The van der Waals surface area contributed by atoms with Gasteiger partial charge in [0.15, 0.2) is 5.16 Å². The number of amides is 2. The number of carbonyl (C=O) groups excluding carboxylic acids is 1. The molecule has 2 heterocycles. The van der Waals surface area contributed by atoms with Crippen LogP contribution in [0, 0.1) is 5.82 Å². The highest BCUT2D eigenvalue weighted by atomic mass is 32.2. The molecule has 0 bridgehead atoms. The average Bonchev–Trinajstić information content (AvgIpc) is 2.90. The van der Waals surface area contributed by atoms with Crippen molar-refractivity contribution in [3.63, 3.8) is 0 Å². The lowest BCUT2D eigenvalue weighted by molar-refractivity contribution is 0.240. The first-order chi connectivity index (χ1) is 17.6. The van der Waals surface area contributed by atoms with Crippen LogP contribution in [0.2, 0.25) is 0 Å². The van der Waals surface area contributed by atoms with Gasteiger partial charge in [-0.15, -0.1) is 0 Å². The number of aromatic nitrogens is 4. The molecular weight excluding hydrogens is 479 g/mol. The Kier molecular flexibility index (Phi) is 8.77. The monoisotopic (exact) mass is 504 g/mol. The average molecular weight is 505 g/mol. The molecule has 2 N–H and O–H groups in total. The van der Waals surface area contributed by atoms with E-state index in [9.17, 15) is 14.0 Å². The fourth-order valence-electron chi connectivity index (χ4n) is 3.42. The quantitative estimate of drug-likeness (QED) is 0.253. The Labute approximate surface area is 212 Å². The van der Waals surface area contributed by atoms with Crippen molar-refractivity contribution in [3.8, 4) is 0 Å². The van der Waals surface area contributed by atoms with Gasteiger partial charge in [0.1, 0.15) is 12.1 Å². The molecule has 0 unspecified atom stereocenters. The summed E-state index contributed by atoms with van der Waals surface area (Å²) in [5.74, 6) is 0.216. The minimum absolute atomic E-state index is 0.282. The molecule has 0 saturated carbocycles. The summed E-state index contributed by atoms with van der Waals surface area (Å²) in [6, 6.07) is 15.6. The minimum Gasteiger partial charge on any atom is -0.336 e. The van der Waals surface area contributed by atoms with Gasteiger partial charge in [0.2, 0.25) is 0 Å². The SMILES string of the molecule is O=C(NCCn1cc(Cc2cncnc2)c(=O)nc1SCc1ccc(F)cc1)NCc1ccccc1. The van der Waals surface area contributed by atoms with Crippen LogP contribution in [0.4, 0.5) is 9.18 Å². The fraction of sp³-hybridized carbons (Fsp3) is 0.192. The molecule has 0 atom stereocenters. The second-order valence-electron chi connectivity index (χ2n) is 7.98. The summed E-state index contributed by atoms with van der Waals surface area (Å²) in [5.41, 5.74) is 2.89. The molecule has 2 amide bonds. The molecule has 0 aliphatic rings. The van der Waals surface area contributed by atoms with Crippen LogP contribution in [0.1, 0.15) is 22.3 Å². The molecule has 36 heavy (non-hydrogen) atoms. The number of hydrogen-bond donors (Lipinski definition) is 2. The van der Waals surface area contributed by atoms with Crippen molar-refractivity contribution in [1.82, 2.24) is 30.2 Å². The summed E-state index contributed by atoms with van der Waals surface area (Å²) in [4.78, 5) is 37.3. The van der Waals surface area contributed by atoms with Crippen LogP contribution >= 0.6 is 11.8 Å². The van der Waals surface area contributed by atoms with Gasteiger partial charge in [0, 0.05) is 56.0 Å².